The number of nitrogens with two attached hydrogens (primary N) is 1. The van der Waals surface area contributed by atoms with E-state index in [0.29, 0.717) is 0 Å². The molecule has 0 unspecified atom stereocenters. The third kappa shape index (κ3) is 7.14. The highest BCUT2D eigenvalue weighted by molar-refractivity contribution is 5.91. The number of amides is 2. The first-order valence-corrected chi connectivity index (χ1v) is 11.2. The van der Waals surface area contributed by atoms with E-state index in [1.165, 1.54) is 9.80 Å². The lowest BCUT2D eigenvalue weighted by molar-refractivity contribution is -0.158. The number of rotatable bonds is 10. The van der Waals surface area contributed by atoms with E-state index in [4.69, 9.17) is 15.2 Å². The molecule has 9 heteroatoms. The van der Waals surface area contributed by atoms with Crippen molar-refractivity contribution in [2.24, 2.45) is 5.73 Å². The van der Waals surface area contributed by atoms with Crippen molar-refractivity contribution in [1.29, 1.82) is 0 Å². The molecule has 0 radical (unpaired) electrons. The molecule has 2 aromatic rings. The van der Waals surface area contributed by atoms with Crippen LogP contribution >= 0.6 is 0 Å². The second-order valence-corrected chi connectivity index (χ2v) is 7.90. The van der Waals surface area contributed by atoms with E-state index in [-0.39, 0.29) is 58.1 Å². The molecule has 0 spiro atoms. The van der Waals surface area contributed by atoms with Crippen LogP contribution in [-0.2, 0) is 41.9 Å². The van der Waals surface area contributed by atoms with Crippen molar-refractivity contribution < 1.29 is 28.7 Å². The quantitative estimate of drug-likeness (QED) is 0.522. The minimum absolute atomic E-state index is 0.0517. The molecule has 34 heavy (non-hydrogen) atoms. The van der Waals surface area contributed by atoms with Crippen LogP contribution in [0.5, 0.6) is 0 Å². The summed E-state index contributed by atoms with van der Waals surface area (Å²) < 4.78 is 10.6. The fourth-order valence-electron chi connectivity index (χ4n) is 3.69. The van der Waals surface area contributed by atoms with Gasteiger partial charge in [-0.05, 0) is 17.5 Å². The van der Waals surface area contributed by atoms with E-state index in [2.05, 4.69) is 0 Å². The Labute approximate surface area is 198 Å². The third-order valence-corrected chi connectivity index (χ3v) is 5.51. The highest BCUT2D eigenvalue weighted by atomic mass is 16.5. The number of benzene rings is 2. The number of ether oxygens (including phenoxy) is 2. The van der Waals surface area contributed by atoms with Gasteiger partial charge in [-0.25, -0.2) is 0 Å². The summed E-state index contributed by atoms with van der Waals surface area (Å²) in [6, 6.07) is 17.6. The number of hydrogen-bond donors (Lipinski definition) is 1. The Morgan fingerprint density at radius 1 is 0.853 bits per heavy atom. The zero-order valence-electron chi connectivity index (χ0n) is 18.9. The predicted octanol–water partition coefficient (Wildman–Crippen LogP) is 1.25. The van der Waals surface area contributed by atoms with E-state index in [1.54, 1.807) is 0 Å². The molecule has 2 N–H and O–H groups in total. The summed E-state index contributed by atoms with van der Waals surface area (Å²) in [7, 11) is 0. The minimum atomic E-state index is -0.893. The summed E-state index contributed by atoms with van der Waals surface area (Å²) in [6.07, 6.45) is 0.0254. The lowest BCUT2D eigenvalue weighted by atomic mass is 10.0. The Balaban J connectivity index is 1.54. The van der Waals surface area contributed by atoms with Crippen molar-refractivity contribution in [3.8, 4) is 0 Å². The number of piperazine rings is 1. The monoisotopic (exact) mass is 467 g/mol. The molecule has 2 aromatic carbocycles. The maximum absolute atomic E-state index is 13.1. The molecule has 3 rings (SSSR count). The van der Waals surface area contributed by atoms with Gasteiger partial charge in [-0.3, -0.25) is 19.2 Å². The first kappa shape index (κ1) is 24.9. The highest BCUT2D eigenvalue weighted by Gasteiger charge is 2.38. The van der Waals surface area contributed by atoms with Crippen molar-refractivity contribution in [2.45, 2.75) is 32.1 Å². The minimum Gasteiger partial charge on any atom is -0.461 e. The molecule has 1 saturated heterocycles. The summed E-state index contributed by atoms with van der Waals surface area (Å²) in [5.74, 6) is -1.82. The first-order valence-electron chi connectivity index (χ1n) is 11.2. The molecule has 2 amide bonds. The Bertz CT molecular complexity index is 983. The first-order chi connectivity index (χ1) is 16.5. The van der Waals surface area contributed by atoms with Gasteiger partial charge in [0.05, 0.1) is 6.54 Å². The fourth-order valence-corrected chi connectivity index (χ4v) is 3.69. The number of nitrogens with zero attached hydrogens (tertiary/aromatic N) is 2. The molecule has 1 aliphatic rings. The van der Waals surface area contributed by atoms with Crippen LogP contribution in [0.1, 0.15) is 24.0 Å². The van der Waals surface area contributed by atoms with E-state index < -0.39 is 23.9 Å². The zero-order valence-corrected chi connectivity index (χ0v) is 18.9. The van der Waals surface area contributed by atoms with Gasteiger partial charge in [0, 0.05) is 19.5 Å². The zero-order chi connectivity index (χ0) is 24.3. The summed E-state index contributed by atoms with van der Waals surface area (Å²) in [5.41, 5.74) is 7.20. The molecule has 1 aliphatic heterocycles. The maximum Gasteiger partial charge on any atom is 0.325 e. The van der Waals surface area contributed by atoms with Gasteiger partial charge in [0.15, 0.2) is 0 Å². The van der Waals surface area contributed by atoms with Crippen LogP contribution in [0.2, 0.25) is 0 Å². The Morgan fingerprint density at radius 2 is 1.41 bits per heavy atom. The number of hydrogen-bond acceptors (Lipinski definition) is 7. The molecule has 0 saturated carbocycles. The van der Waals surface area contributed by atoms with Crippen molar-refractivity contribution in [2.75, 3.05) is 26.2 Å². The largest absolute Gasteiger partial charge is 0.461 e. The van der Waals surface area contributed by atoms with E-state index in [1.807, 2.05) is 60.7 Å². The number of esters is 2. The van der Waals surface area contributed by atoms with Crippen LogP contribution in [0.3, 0.4) is 0 Å². The lowest BCUT2D eigenvalue weighted by Gasteiger charge is -2.40. The molecule has 0 aromatic heterocycles. The average Bonchev–Trinajstić information content (AvgIpc) is 2.87. The lowest BCUT2D eigenvalue weighted by Crippen LogP contribution is -2.60. The average molecular weight is 468 g/mol. The van der Waals surface area contributed by atoms with Crippen LogP contribution in [0, 0.1) is 0 Å². The normalized spacial score (nSPS) is 15.7. The van der Waals surface area contributed by atoms with Gasteiger partial charge in [-0.15, -0.1) is 0 Å². The smallest absolute Gasteiger partial charge is 0.325 e. The van der Waals surface area contributed by atoms with Gasteiger partial charge in [0.25, 0.3) is 0 Å². The summed E-state index contributed by atoms with van der Waals surface area (Å²) in [5, 5.41) is 0. The van der Waals surface area contributed by atoms with Crippen LogP contribution in [-0.4, -0.2) is 65.8 Å². The van der Waals surface area contributed by atoms with Gasteiger partial charge in [-0.1, -0.05) is 60.7 Å². The molecular formula is C25H29N3O6. The van der Waals surface area contributed by atoms with Crippen molar-refractivity contribution in [3.05, 3.63) is 71.8 Å². The van der Waals surface area contributed by atoms with E-state index in [0.717, 1.165) is 11.1 Å². The standard InChI is InChI=1S/C25H29N3O6/c26-15-22(29)28-14-13-27(16-24(31)34-18-20-9-5-2-6-10-20)25(32)21(28)11-12-23(30)33-17-19-7-3-1-4-8-19/h1-10,21H,11-18,26H2/t21-/m0/s1. The molecule has 1 fully saturated rings. The Morgan fingerprint density at radius 3 is 1.97 bits per heavy atom. The van der Waals surface area contributed by atoms with E-state index in [9.17, 15) is 19.2 Å². The van der Waals surface area contributed by atoms with Crippen LogP contribution in [0.25, 0.3) is 0 Å². The van der Waals surface area contributed by atoms with Crippen molar-refractivity contribution in [3.63, 3.8) is 0 Å². The summed E-state index contributed by atoms with van der Waals surface area (Å²) >= 11 is 0. The maximum atomic E-state index is 13.1. The molecule has 1 atom stereocenters. The Kier molecular flexibility index (Phi) is 9.16. The van der Waals surface area contributed by atoms with Gasteiger partial charge in [-0.2, -0.15) is 0 Å². The second kappa shape index (κ2) is 12.5. The topological polar surface area (TPSA) is 119 Å². The SMILES string of the molecule is NCC(=O)N1CCN(CC(=O)OCc2ccccc2)C(=O)[C@@H]1CCC(=O)OCc1ccccc1. The molecular weight excluding hydrogens is 438 g/mol. The molecule has 0 aliphatic carbocycles. The van der Waals surface area contributed by atoms with Gasteiger partial charge in [0.2, 0.25) is 11.8 Å². The fraction of sp³-hybridized carbons (Fsp3) is 0.360. The summed E-state index contributed by atoms with van der Waals surface area (Å²) in [4.78, 5) is 52.7. The summed E-state index contributed by atoms with van der Waals surface area (Å²) in [6.45, 7) is 0.156. The Hall–Kier alpha value is -3.72. The van der Waals surface area contributed by atoms with Crippen LogP contribution in [0.4, 0.5) is 0 Å². The van der Waals surface area contributed by atoms with Gasteiger partial charge < -0.3 is 25.0 Å². The van der Waals surface area contributed by atoms with Gasteiger partial charge in [0.1, 0.15) is 25.8 Å². The third-order valence-electron chi connectivity index (χ3n) is 5.51. The molecule has 1 heterocycles. The number of carbonyl (C=O) groups excluding carboxylic acids is 4. The molecule has 9 nitrogen and oxygen atoms in total. The van der Waals surface area contributed by atoms with E-state index >= 15 is 0 Å². The molecule has 180 valence electrons. The van der Waals surface area contributed by atoms with Crippen molar-refractivity contribution in [1.82, 2.24) is 9.80 Å². The predicted molar refractivity (Wildman–Crippen MR) is 123 cm³/mol. The van der Waals surface area contributed by atoms with Crippen LogP contribution in [0.15, 0.2) is 60.7 Å². The second-order valence-electron chi connectivity index (χ2n) is 7.90. The van der Waals surface area contributed by atoms with Crippen LogP contribution < -0.4 is 5.73 Å². The number of carbonyl (C=O) groups is 4. The van der Waals surface area contributed by atoms with Crippen molar-refractivity contribution >= 4 is 23.8 Å². The highest BCUT2D eigenvalue weighted by Crippen LogP contribution is 2.17. The van der Waals surface area contributed by atoms with Gasteiger partial charge >= 0.3 is 11.9 Å². The molecule has 0 bridgehead atoms.